The van der Waals surface area contributed by atoms with Gasteiger partial charge in [-0.05, 0) is 30.7 Å². The molecule has 2 nitrogen and oxygen atoms in total. The predicted octanol–water partition coefficient (Wildman–Crippen LogP) is 3.43. The van der Waals surface area contributed by atoms with E-state index < -0.39 is 0 Å². The van der Waals surface area contributed by atoms with E-state index in [1.54, 1.807) is 7.11 Å². The van der Waals surface area contributed by atoms with Gasteiger partial charge in [0.05, 0.1) is 12.1 Å². The van der Waals surface area contributed by atoms with Gasteiger partial charge in [0, 0.05) is 5.56 Å². The van der Waals surface area contributed by atoms with Crippen molar-refractivity contribution in [3.8, 4) is 5.75 Å². The minimum atomic E-state index is 0.131. The van der Waals surface area contributed by atoms with Crippen molar-refractivity contribution in [2.45, 2.75) is 24.7 Å². The molecule has 0 radical (unpaired) electrons. The first-order valence-corrected chi connectivity index (χ1v) is 6.01. The smallest absolute Gasteiger partial charge is 0.124 e. The third kappa shape index (κ3) is 2.95. The number of rotatable bonds is 4. The van der Waals surface area contributed by atoms with E-state index in [0.717, 1.165) is 11.3 Å². The highest BCUT2D eigenvalue weighted by molar-refractivity contribution is 9.09. The first kappa shape index (κ1) is 12.5. The Bertz CT molecular complexity index is 325. The van der Waals surface area contributed by atoms with E-state index in [1.165, 1.54) is 5.56 Å². The zero-order valence-corrected chi connectivity index (χ0v) is 11.3. The van der Waals surface area contributed by atoms with Crippen LogP contribution < -0.4 is 10.1 Å². The lowest BCUT2D eigenvalue weighted by Gasteiger charge is -2.16. The van der Waals surface area contributed by atoms with Gasteiger partial charge in [-0.15, -0.1) is 0 Å². The van der Waals surface area contributed by atoms with Crippen LogP contribution in [0.4, 0.5) is 0 Å². The molecular formula is C12H18BrNO. The fraction of sp³-hybridized carbons (Fsp3) is 0.500. The maximum atomic E-state index is 5.33. The van der Waals surface area contributed by atoms with E-state index in [9.17, 15) is 0 Å². The molecule has 1 rings (SSSR count). The summed E-state index contributed by atoms with van der Waals surface area (Å²) in [6.45, 7) is 4.38. The van der Waals surface area contributed by atoms with E-state index in [-0.39, 0.29) is 4.95 Å². The average molecular weight is 272 g/mol. The van der Waals surface area contributed by atoms with E-state index in [2.05, 4.69) is 47.2 Å². The number of methoxy groups -OCH3 is 1. The summed E-state index contributed by atoms with van der Waals surface area (Å²) in [5, 5.41) is 3.16. The van der Waals surface area contributed by atoms with Crippen LogP contribution in [0.2, 0.25) is 0 Å². The topological polar surface area (TPSA) is 21.3 Å². The third-order valence-corrected chi connectivity index (χ3v) is 3.40. The molecule has 15 heavy (non-hydrogen) atoms. The van der Waals surface area contributed by atoms with Crippen molar-refractivity contribution >= 4 is 15.9 Å². The quantitative estimate of drug-likeness (QED) is 0.669. The van der Waals surface area contributed by atoms with Crippen LogP contribution in [0.15, 0.2) is 18.2 Å². The summed E-state index contributed by atoms with van der Waals surface area (Å²) in [5.41, 5.74) is 2.47. The second-order valence-electron chi connectivity index (χ2n) is 3.81. The number of nitrogens with one attached hydrogen (secondary N) is 1. The van der Waals surface area contributed by atoms with Crippen LogP contribution in [0.3, 0.4) is 0 Å². The Morgan fingerprint density at radius 1 is 1.33 bits per heavy atom. The summed E-state index contributed by atoms with van der Waals surface area (Å²) in [5.74, 6) is 1.45. The molecule has 0 heterocycles. The minimum Gasteiger partial charge on any atom is -0.496 e. The van der Waals surface area contributed by atoms with Gasteiger partial charge in [-0.3, -0.25) is 0 Å². The molecule has 0 aliphatic carbocycles. The van der Waals surface area contributed by atoms with Gasteiger partial charge in [-0.25, -0.2) is 0 Å². The van der Waals surface area contributed by atoms with Gasteiger partial charge in [0.15, 0.2) is 0 Å². The molecule has 0 bridgehead atoms. The standard InChI is InChI=1S/C12H18BrNO/c1-8(2)9-5-6-11(15-4)10(7-9)12(13)14-3/h5-8,12,14H,1-4H3. The van der Waals surface area contributed by atoms with E-state index in [1.807, 2.05) is 13.1 Å². The third-order valence-electron chi connectivity index (χ3n) is 2.45. The fourth-order valence-electron chi connectivity index (χ4n) is 1.47. The summed E-state index contributed by atoms with van der Waals surface area (Å²) < 4.78 is 5.33. The molecule has 0 fully saturated rings. The van der Waals surface area contributed by atoms with Crippen LogP contribution in [0.25, 0.3) is 0 Å². The van der Waals surface area contributed by atoms with Crippen molar-refractivity contribution in [2.24, 2.45) is 0 Å². The van der Waals surface area contributed by atoms with Gasteiger partial charge in [0.2, 0.25) is 0 Å². The molecular weight excluding hydrogens is 254 g/mol. The highest BCUT2D eigenvalue weighted by atomic mass is 79.9. The van der Waals surface area contributed by atoms with Crippen molar-refractivity contribution in [2.75, 3.05) is 14.2 Å². The number of halogens is 1. The summed E-state index contributed by atoms with van der Waals surface area (Å²) in [6, 6.07) is 6.32. The van der Waals surface area contributed by atoms with Crippen LogP contribution in [-0.4, -0.2) is 14.2 Å². The molecule has 1 aromatic carbocycles. The first-order valence-electron chi connectivity index (χ1n) is 5.09. The predicted molar refractivity (Wildman–Crippen MR) is 67.8 cm³/mol. The van der Waals surface area contributed by atoms with Gasteiger partial charge >= 0.3 is 0 Å². The van der Waals surface area contributed by atoms with Gasteiger partial charge in [0.25, 0.3) is 0 Å². The van der Waals surface area contributed by atoms with Gasteiger partial charge in [-0.2, -0.15) is 0 Å². The SMILES string of the molecule is CNC(Br)c1cc(C(C)C)ccc1OC. The summed E-state index contributed by atoms with van der Waals surface area (Å²) in [7, 11) is 3.62. The molecule has 0 spiro atoms. The summed E-state index contributed by atoms with van der Waals surface area (Å²) >= 11 is 3.57. The monoisotopic (exact) mass is 271 g/mol. The van der Waals surface area contributed by atoms with Crippen LogP contribution in [0, 0.1) is 0 Å². The molecule has 0 saturated heterocycles. The highest BCUT2D eigenvalue weighted by Gasteiger charge is 2.12. The van der Waals surface area contributed by atoms with Crippen molar-refractivity contribution in [3.63, 3.8) is 0 Å². The normalized spacial score (nSPS) is 12.9. The summed E-state index contributed by atoms with van der Waals surface area (Å²) in [4.78, 5) is 0.131. The Labute approximate surface area is 100 Å². The number of ether oxygens (including phenoxy) is 1. The van der Waals surface area contributed by atoms with Gasteiger partial charge in [-0.1, -0.05) is 35.8 Å². The Balaban J connectivity index is 3.13. The molecule has 3 heteroatoms. The molecule has 1 unspecified atom stereocenters. The maximum Gasteiger partial charge on any atom is 0.124 e. The molecule has 1 N–H and O–H groups in total. The molecule has 0 saturated carbocycles. The average Bonchev–Trinajstić information content (AvgIpc) is 2.27. The summed E-state index contributed by atoms with van der Waals surface area (Å²) in [6.07, 6.45) is 0. The fourth-order valence-corrected chi connectivity index (χ4v) is 1.82. The lowest BCUT2D eigenvalue weighted by atomic mass is 10.0. The van der Waals surface area contributed by atoms with Crippen LogP contribution >= 0.6 is 15.9 Å². The molecule has 1 aromatic rings. The van der Waals surface area contributed by atoms with Crippen molar-refractivity contribution in [1.29, 1.82) is 0 Å². The lowest BCUT2D eigenvalue weighted by molar-refractivity contribution is 0.408. The zero-order valence-electron chi connectivity index (χ0n) is 9.67. The number of hydrogen-bond acceptors (Lipinski definition) is 2. The molecule has 1 atom stereocenters. The Hall–Kier alpha value is -0.540. The van der Waals surface area contributed by atoms with Crippen LogP contribution in [-0.2, 0) is 0 Å². The lowest BCUT2D eigenvalue weighted by Crippen LogP contribution is -2.11. The van der Waals surface area contributed by atoms with Gasteiger partial charge < -0.3 is 10.1 Å². The number of benzene rings is 1. The molecule has 0 aliphatic heterocycles. The Kier molecular flexibility index (Phi) is 4.61. The zero-order chi connectivity index (χ0) is 11.4. The van der Waals surface area contributed by atoms with E-state index in [0.29, 0.717) is 5.92 Å². The van der Waals surface area contributed by atoms with E-state index >= 15 is 0 Å². The number of hydrogen-bond donors (Lipinski definition) is 1. The van der Waals surface area contributed by atoms with Crippen LogP contribution in [0.1, 0.15) is 35.8 Å². The van der Waals surface area contributed by atoms with Crippen molar-refractivity contribution in [3.05, 3.63) is 29.3 Å². The van der Waals surface area contributed by atoms with Crippen molar-refractivity contribution in [1.82, 2.24) is 5.32 Å². The Morgan fingerprint density at radius 3 is 2.47 bits per heavy atom. The second-order valence-corrected chi connectivity index (χ2v) is 4.72. The molecule has 0 amide bonds. The second kappa shape index (κ2) is 5.52. The Morgan fingerprint density at radius 2 is 2.00 bits per heavy atom. The highest BCUT2D eigenvalue weighted by Crippen LogP contribution is 2.31. The van der Waals surface area contributed by atoms with Crippen LogP contribution in [0.5, 0.6) is 5.75 Å². The number of alkyl halides is 1. The maximum absolute atomic E-state index is 5.33. The van der Waals surface area contributed by atoms with Crippen molar-refractivity contribution < 1.29 is 4.74 Å². The first-order chi connectivity index (χ1) is 7.10. The van der Waals surface area contributed by atoms with E-state index in [4.69, 9.17) is 4.74 Å². The largest absolute Gasteiger partial charge is 0.496 e. The molecule has 84 valence electrons. The molecule has 0 aromatic heterocycles. The van der Waals surface area contributed by atoms with Gasteiger partial charge in [0.1, 0.15) is 5.75 Å². The molecule has 0 aliphatic rings. The minimum absolute atomic E-state index is 0.131.